The van der Waals surface area contributed by atoms with Crippen molar-refractivity contribution in [2.75, 3.05) is 6.54 Å². The Morgan fingerprint density at radius 3 is 2.28 bits per heavy atom. The Hall–Kier alpha value is -2.76. The van der Waals surface area contributed by atoms with Gasteiger partial charge in [-0.15, -0.1) is 0 Å². The minimum atomic E-state index is -0.408. The lowest BCUT2D eigenvalue weighted by Gasteiger charge is -2.23. The second-order valence-corrected chi connectivity index (χ2v) is 7.29. The third-order valence-corrected chi connectivity index (χ3v) is 5.09. The molecule has 0 spiro atoms. The smallest absolute Gasteiger partial charge is 0.230 e. The zero-order valence-corrected chi connectivity index (χ0v) is 17.1. The zero-order chi connectivity index (χ0) is 20.6. The molecule has 1 heterocycles. The van der Waals surface area contributed by atoms with Gasteiger partial charge in [-0.2, -0.15) is 0 Å². The van der Waals surface area contributed by atoms with Crippen LogP contribution in [0.1, 0.15) is 28.2 Å². The number of hydrogen-bond donors (Lipinski definition) is 0. The number of carbonyl (C=O) groups excluding carboxylic acids is 2. The third kappa shape index (κ3) is 6.11. The van der Waals surface area contributed by atoms with E-state index in [1.807, 2.05) is 36.4 Å². The van der Waals surface area contributed by atoms with Crippen LogP contribution in [0.4, 0.5) is 0 Å². The highest BCUT2D eigenvalue weighted by molar-refractivity contribution is 6.42. The average molecular weight is 428 g/mol. The summed E-state index contributed by atoms with van der Waals surface area (Å²) in [5.41, 5.74) is 1.95. The first-order valence-electron chi connectivity index (χ1n) is 9.09. The van der Waals surface area contributed by atoms with Gasteiger partial charge in [0.15, 0.2) is 5.82 Å². The van der Waals surface area contributed by atoms with Crippen molar-refractivity contribution in [3.8, 4) is 0 Å². The van der Waals surface area contributed by atoms with Gasteiger partial charge in [0, 0.05) is 25.5 Å². The fourth-order valence-corrected chi connectivity index (χ4v) is 3.15. The predicted molar refractivity (Wildman–Crippen MR) is 113 cm³/mol. The van der Waals surface area contributed by atoms with Crippen molar-refractivity contribution in [1.29, 1.82) is 0 Å². The van der Waals surface area contributed by atoms with Crippen LogP contribution in [0, 0.1) is 0 Å². The summed E-state index contributed by atoms with van der Waals surface area (Å²) in [6.45, 7) is 0.789. The second kappa shape index (κ2) is 10.1. The Labute approximate surface area is 179 Å². The van der Waals surface area contributed by atoms with Gasteiger partial charge in [0.2, 0.25) is 11.7 Å². The molecule has 0 aliphatic heterocycles. The van der Waals surface area contributed by atoms with Crippen molar-refractivity contribution < 1.29 is 9.59 Å². The third-order valence-electron chi connectivity index (χ3n) is 4.35. The highest BCUT2D eigenvalue weighted by atomic mass is 35.5. The van der Waals surface area contributed by atoms with Gasteiger partial charge in [-0.05, 0) is 35.7 Å². The molecule has 5 nitrogen and oxygen atoms in total. The van der Waals surface area contributed by atoms with Gasteiger partial charge < -0.3 is 4.90 Å². The standard InChI is InChI=1S/C22H19Cl2N3O2/c23-18-8-7-17(13-19(18)24)15-27(12-9-16-5-2-1-3-6-16)21(29)14-20(28)22-25-10-4-11-26-22/h1-8,10-11,13H,9,12,14-15H2. The minimum absolute atomic E-state index is 0.0402. The predicted octanol–water partition coefficient (Wildman–Crippen LogP) is 4.63. The largest absolute Gasteiger partial charge is 0.338 e. The summed E-state index contributed by atoms with van der Waals surface area (Å²) in [5.74, 6) is -0.655. The maximum atomic E-state index is 12.9. The number of Topliss-reactive ketones (excluding diaryl/α,β-unsaturated/α-hetero) is 1. The minimum Gasteiger partial charge on any atom is -0.338 e. The lowest BCUT2D eigenvalue weighted by Crippen LogP contribution is -2.34. The van der Waals surface area contributed by atoms with Gasteiger partial charge in [0.25, 0.3) is 0 Å². The van der Waals surface area contributed by atoms with E-state index >= 15 is 0 Å². The van der Waals surface area contributed by atoms with Crippen LogP contribution in [0.25, 0.3) is 0 Å². The molecule has 0 saturated heterocycles. The molecule has 7 heteroatoms. The van der Waals surface area contributed by atoms with E-state index < -0.39 is 5.78 Å². The molecule has 0 aliphatic rings. The lowest BCUT2D eigenvalue weighted by atomic mass is 10.1. The summed E-state index contributed by atoms with van der Waals surface area (Å²) in [6, 6.07) is 16.7. The highest BCUT2D eigenvalue weighted by Crippen LogP contribution is 2.23. The average Bonchev–Trinajstić information content (AvgIpc) is 2.75. The quantitative estimate of drug-likeness (QED) is 0.388. The van der Waals surface area contributed by atoms with Crippen LogP contribution >= 0.6 is 23.2 Å². The monoisotopic (exact) mass is 427 g/mol. The molecule has 3 rings (SSSR count). The Morgan fingerprint density at radius 1 is 0.862 bits per heavy atom. The molecule has 3 aromatic rings. The van der Waals surface area contributed by atoms with Crippen LogP contribution in [0.5, 0.6) is 0 Å². The molecule has 0 bridgehead atoms. The molecule has 0 aliphatic carbocycles. The molecular weight excluding hydrogens is 409 g/mol. The number of ketones is 1. The van der Waals surface area contributed by atoms with E-state index in [0.29, 0.717) is 29.6 Å². The molecule has 29 heavy (non-hydrogen) atoms. The van der Waals surface area contributed by atoms with E-state index in [2.05, 4.69) is 9.97 Å². The number of hydrogen-bond acceptors (Lipinski definition) is 4. The fraction of sp³-hybridized carbons (Fsp3) is 0.182. The van der Waals surface area contributed by atoms with Gasteiger partial charge in [-0.3, -0.25) is 9.59 Å². The number of rotatable bonds is 8. The van der Waals surface area contributed by atoms with Gasteiger partial charge in [-0.1, -0.05) is 59.6 Å². The van der Waals surface area contributed by atoms with E-state index in [-0.39, 0.29) is 18.2 Å². The first-order valence-corrected chi connectivity index (χ1v) is 9.84. The first kappa shape index (κ1) is 21.0. The van der Waals surface area contributed by atoms with Crippen LogP contribution < -0.4 is 0 Å². The first-order chi connectivity index (χ1) is 14.0. The molecule has 1 amide bonds. The van der Waals surface area contributed by atoms with Gasteiger partial charge in [0.05, 0.1) is 16.5 Å². The van der Waals surface area contributed by atoms with Gasteiger partial charge in [0.1, 0.15) is 0 Å². The Morgan fingerprint density at radius 2 is 1.59 bits per heavy atom. The van der Waals surface area contributed by atoms with Gasteiger partial charge >= 0.3 is 0 Å². The molecule has 0 atom stereocenters. The number of aromatic nitrogens is 2. The molecular formula is C22H19Cl2N3O2. The van der Waals surface area contributed by atoms with E-state index in [4.69, 9.17) is 23.2 Å². The molecule has 0 saturated carbocycles. The zero-order valence-electron chi connectivity index (χ0n) is 15.6. The van der Waals surface area contributed by atoms with Crippen molar-refractivity contribution in [2.45, 2.75) is 19.4 Å². The number of benzene rings is 2. The lowest BCUT2D eigenvalue weighted by molar-refractivity contribution is -0.130. The highest BCUT2D eigenvalue weighted by Gasteiger charge is 2.20. The van der Waals surface area contributed by atoms with Crippen LogP contribution in [0.2, 0.25) is 10.0 Å². The maximum absolute atomic E-state index is 12.9. The molecule has 0 radical (unpaired) electrons. The number of nitrogens with zero attached hydrogens (tertiary/aromatic N) is 3. The fourth-order valence-electron chi connectivity index (χ4n) is 2.83. The maximum Gasteiger partial charge on any atom is 0.230 e. The van der Waals surface area contributed by atoms with Crippen molar-refractivity contribution in [3.05, 3.63) is 94.0 Å². The van der Waals surface area contributed by atoms with Crippen molar-refractivity contribution >= 4 is 34.9 Å². The van der Waals surface area contributed by atoms with Crippen LogP contribution in [0.15, 0.2) is 67.0 Å². The van der Waals surface area contributed by atoms with Gasteiger partial charge in [-0.25, -0.2) is 9.97 Å². The van der Waals surface area contributed by atoms with E-state index in [1.165, 1.54) is 12.4 Å². The van der Waals surface area contributed by atoms with Crippen LogP contribution in [-0.4, -0.2) is 33.1 Å². The van der Waals surface area contributed by atoms with Crippen molar-refractivity contribution in [2.24, 2.45) is 0 Å². The van der Waals surface area contributed by atoms with Crippen LogP contribution in [-0.2, 0) is 17.8 Å². The molecule has 1 aromatic heterocycles. The Kier molecular flexibility index (Phi) is 7.33. The number of halogens is 2. The molecule has 2 aromatic carbocycles. The molecule has 148 valence electrons. The normalized spacial score (nSPS) is 10.6. The summed E-state index contributed by atoms with van der Waals surface area (Å²) in [6.07, 6.45) is 3.34. The SMILES string of the molecule is O=C(CC(=O)N(CCc1ccccc1)Cc1ccc(Cl)c(Cl)c1)c1ncccn1. The number of amides is 1. The summed E-state index contributed by atoms with van der Waals surface area (Å²) in [4.78, 5) is 34.8. The number of carbonyl (C=O) groups is 2. The van der Waals surface area contributed by atoms with Crippen molar-refractivity contribution in [1.82, 2.24) is 14.9 Å². The summed E-state index contributed by atoms with van der Waals surface area (Å²) >= 11 is 12.1. The molecule has 0 unspecified atom stereocenters. The van der Waals surface area contributed by atoms with E-state index in [9.17, 15) is 9.59 Å². The summed E-state index contributed by atoms with van der Waals surface area (Å²) in [5, 5.41) is 0.877. The Balaban J connectivity index is 1.74. The topological polar surface area (TPSA) is 63.2 Å². The van der Waals surface area contributed by atoms with E-state index in [1.54, 1.807) is 23.1 Å². The summed E-state index contributed by atoms with van der Waals surface area (Å²) in [7, 11) is 0. The summed E-state index contributed by atoms with van der Waals surface area (Å²) < 4.78 is 0. The molecule has 0 N–H and O–H groups in total. The van der Waals surface area contributed by atoms with Crippen molar-refractivity contribution in [3.63, 3.8) is 0 Å². The second-order valence-electron chi connectivity index (χ2n) is 6.47. The van der Waals surface area contributed by atoms with E-state index in [0.717, 1.165) is 11.1 Å². The van der Waals surface area contributed by atoms with Crippen LogP contribution in [0.3, 0.4) is 0 Å². The molecule has 0 fully saturated rings. The Bertz CT molecular complexity index is 982.